The molecule has 0 bridgehead atoms. The zero-order valence-electron chi connectivity index (χ0n) is 14.3. The van der Waals surface area contributed by atoms with Gasteiger partial charge >= 0.3 is 0 Å². The Kier molecular flexibility index (Phi) is 5.71. The van der Waals surface area contributed by atoms with E-state index in [0.717, 1.165) is 29.9 Å². The molecule has 126 valence electrons. The molecular formula is C17H26N4O2. The highest BCUT2D eigenvalue weighted by atomic mass is 16.3. The van der Waals surface area contributed by atoms with E-state index >= 15 is 0 Å². The summed E-state index contributed by atoms with van der Waals surface area (Å²) in [6.45, 7) is 8.77. The second-order valence-corrected chi connectivity index (χ2v) is 6.32. The molecule has 2 N–H and O–H groups in total. The summed E-state index contributed by atoms with van der Waals surface area (Å²) >= 11 is 0. The number of rotatable bonds is 7. The maximum Gasteiger partial charge on any atom is 0.248 e. The number of nitrogens with one attached hydrogen (secondary N) is 1. The predicted molar refractivity (Wildman–Crippen MR) is 90.4 cm³/mol. The van der Waals surface area contributed by atoms with Crippen LogP contribution in [0.25, 0.3) is 11.4 Å². The van der Waals surface area contributed by atoms with E-state index in [9.17, 15) is 9.90 Å². The molecule has 2 rings (SSSR count). The zero-order valence-corrected chi connectivity index (χ0v) is 14.3. The number of nitrogens with zero attached hydrogens (tertiary/aromatic N) is 3. The Labute approximate surface area is 136 Å². The van der Waals surface area contributed by atoms with Crippen molar-refractivity contribution in [1.29, 1.82) is 0 Å². The van der Waals surface area contributed by atoms with Gasteiger partial charge in [-0.1, -0.05) is 34.1 Å². The SMILES string of the molecule is CCC(C)Cc1nc(-c2ccc(=O)[nH]c2C(C)C)n(CCO)n1. The fourth-order valence-electron chi connectivity index (χ4n) is 2.52. The first kappa shape index (κ1) is 17.4. The number of aliphatic hydroxyl groups excluding tert-OH is 1. The number of aromatic nitrogens is 4. The lowest BCUT2D eigenvalue weighted by atomic mass is 10.0. The van der Waals surface area contributed by atoms with E-state index in [0.29, 0.717) is 18.3 Å². The molecule has 1 unspecified atom stereocenters. The maximum absolute atomic E-state index is 11.6. The topological polar surface area (TPSA) is 83.8 Å². The van der Waals surface area contributed by atoms with Gasteiger partial charge in [0.1, 0.15) is 0 Å². The van der Waals surface area contributed by atoms with E-state index in [1.54, 1.807) is 10.7 Å². The van der Waals surface area contributed by atoms with Crippen LogP contribution in [0.1, 0.15) is 51.6 Å². The van der Waals surface area contributed by atoms with Gasteiger partial charge in [-0.25, -0.2) is 9.67 Å². The maximum atomic E-state index is 11.6. The fourth-order valence-corrected chi connectivity index (χ4v) is 2.52. The Hall–Kier alpha value is -1.95. The molecule has 2 aromatic heterocycles. The molecule has 0 spiro atoms. The Balaban J connectivity index is 2.51. The molecule has 0 aliphatic carbocycles. The normalized spacial score (nSPS) is 12.8. The highest BCUT2D eigenvalue weighted by Crippen LogP contribution is 2.25. The van der Waals surface area contributed by atoms with E-state index in [1.165, 1.54) is 6.07 Å². The second-order valence-electron chi connectivity index (χ2n) is 6.32. The lowest BCUT2D eigenvalue weighted by molar-refractivity contribution is 0.269. The van der Waals surface area contributed by atoms with Gasteiger partial charge in [-0.05, 0) is 17.9 Å². The van der Waals surface area contributed by atoms with Gasteiger partial charge in [-0.2, -0.15) is 5.10 Å². The molecule has 0 aliphatic rings. The van der Waals surface area contributed by atoms with E-state index < -0.39 is 0 Å². The molecular weight excluding hydrogens is 292 g/mol. The lowest BCUT2D eigenvalue weighted by Crippen LogP contribution is -2.12. The van der Waals surface area contributed by atoms with Crippen molar-refractivity contribution in [2.45, 2.75) is 53.0 Å². The van der Waals surface area contributed by atoms with Crippen molar-refractivity contribution >= 4 is 0 Å². The van der Waals surface area contributed by atoms with Gasteiger partial charge in [0.2, 0.25) is 5.56 Å². The Morgan fingerprint density at radius 2 is 2.04 bits per heavy atom. The first-order chi connectivity index (χ1) is 11.0. The quantitative estimate of drug-likeness (QED) is 0.820. The van der Waals surface area contributed by atoms with Crippen molar-refractivity contribution in [2.75, 3.05) is 6.61 Å². The van der Waals surface area contributed by atoms with Gasteiger partial charge in [0, 0.05) is 23.7 Å². The molecule has 0 amide bonds. The van der Waals surface area contributed by atoms with Crippen LogP contribution in [0, 0.1) is 5.92 Å². The van der Waals surface area contributed by atoms with Gasteiger partial charge in [0.05, 0.1) is 13.2 Å². The molecule has 1 atom stereocenters. The number of hydrogen-bond acceptors (Lipinski definition) is 4. The van der Waals surface area contributed by atoms with Gasteiger partial charge in [-0.3, -0.25) is 4.79 Å². The van der Waals surface area contributed by atoms with Crippen LogP contribution in [-0.4, -0.2) is 31.5 Å². The summed E-state index contributed by atoms with van der Waals surface area (Å²) in [5, 5.41) is 13.8. The molecule has 2 aromatic rings. The van der Waals surface area contributed by atoms with Crippen LogP contribution >= 0.6 is 0 Å². The van der Waals surface area contributed by atoms with Crippen LogP contribution < -0.4 is 5.56 Å². The first-order valence-corrected chi connectivity index (χ1v) is 8.24. The van der Waals surface area contributed by atoms with Crippen LogP contribution in [0.15, 0.2) is 16.9 Å². The minimum absolute atomic E-state index is 0.000499. The van der Waals surface area contributed by atoms with Gasteiger partial charge in [0.15, 0.2) is 11.6 Å². The number of aromatic amines is 1. The largest absolute Gasteiger partial charge is 0.394 e. The van der Waals surface area contributed by atoms with Crippen molar-refractivity contribution in [3.05, 3.63) is 34.0 Å². The fraction of sp³-hybridized carbons (Fsp3) is 0.588. The van der Waals surface area contributed by atoms with Crippen LogP contribution in [0.3, 0.4) is 0 Å². The summed E-state index contributed by atoms with van der Waals surface area (Å²) in [6.07, 6.45) is 1.88. The van der Waals surface area contributed by atoms with Crippen LogP contribution in [0.4, 0.5) is 0 Å². The van der Waals surface area contributed by atoms with E-state index in [4.69, 9.17) is 0 Å². The number of hydrogen-bond donors (Lipinski definition) is 2. The van der Waals surface area contributed by atoms with E-state index in [-0.39, 0.29) is 18.1 Å². The van der Waals surface area contributed by atoms with Crippen LogP contribution in [0.5, 0.6) is 0 Å². The third kappa shape index (κ3) is 4.07. The number of aliphatic hydroxyl groups is 1. The summed E-state index contributed by atoms with van der Waals surface area (Å²) in [6, 6.07) is 3.30. The first-order valence-electron chi connectivity index (χ1n) is 8.24. The number of pyridine rings is 1. The summed E-state index contributed by atoms with van der Waals surface area (Å²) in [5.41, 5.74) is 1.60. The molecule has 23 heavy (non-hydrogen) atoms. The zero-order chi connectivity index (χ0) is 17.0. The lowest BCUT2D eigenvalue weighted by Gasteiger charge is -2.12. The minimum Gasteiger partial charge on any atom is -0.394 e. The standard InChI is InChI=1S/C17H26N4O2/c1-5-12(4)10-14-18-17(21(20-14)8-9-22)13-6-7-15(23)19-16(13)11(2)3/h6-7,11-12,22H,5,8-10H2,1-4H3,(H,19,23). The third-order valence-corrected chi connectivity index (χ3v) is 4.02. The van der Waals surface area contributed by atoms with Crippen molar-refractivity contribution < 1.29 is 5.11 Å². The molecule has 6 nitrogen and oxygen atoms in total. The van der Waals surface area contributed by atoms with E-state index in [2.05, 4.69) is 28.9 Å². The summed E-state index contributed by atoms with van der Waals surface area (Å²) in [7, 11) is 0. The Morgan fingerprint density at radius 1 is 1.30 bits per heavy atom. The highest BCUT2D eigenvalue weighted by molar-refractivity contribution is 5.59. The van der Waals surface area contributed by atoms with Crippen molar-refractivity contribution in [1.82, 2.24) is 19.7 Å². The van der Waals surface area contributed by atoms with Crippen LogP contribution in [0.2, 0.25) is 0 Å². The van der Waals surface area contributed by atoms with Gasteiger partial charge in [-0.15, -0.1) is 0 Å². The highest BCUT2D eigenvalue weighted by Gasteiger charge is 2.18. The number of H-pyrrole nitrogens is 1. The Morgan fingerprint density at radius 3 is 2.65 bits per heavy atom. The third-order valence-electron chi connectivity index (χ3n) is 4.02. The molecule has 0 saturated carbocycles. The van der Waals surface area contributed by atoms with Crippen molar-refractivity contribution in [2.24, 2.45) is 5.92 Å². The molecule has 2 heterocycles. The molecule has 0 aliphatic heterocycles. The average molecular weight is 318 g/mol. The second kappa shape index (κ2) is 7.55. The van der Waals surface area contributed by atoms with Gasteiger partial charge < -0.3 is 10.1 Å². The molecule has 0 fully saturated rings. The Bertz CT molecular complexity index is 703. The van der Waals surface area contributed by atoms with Crippen LogP contribution in [-0.2, 0) is 13.0 Å². The molecule has 6 heteroatoms. The summed E-state index contributed by atoms with van der Waals surface area (Å²) in [4.78, 5) is 19.2. The smallest absolute Gasteiger partial charge is 0.248 e. The van der Waals surface area contributed by atoms with E-state index in [1.807, 2.05) is 13.8 Å². The summed E-state index contributed by atoms with van der Waals surface area (Å²) < 4.78 is 1.73. The monoisotopic (exact) mass is 318 g/mol. The molecule has 0 aromatic carbocycles. The molecule has 0 saturated heterocycles. The molecule has 0 radical (unpaired) electrons. The van der Waals surface area contributed by atoms with Crippen molar-refractivity contribution in [3.8, 4) is 11.4 Å². The minimum atomic E-state index is -0.120. The predicted octanol–water partition coefficient (Wildman–Crippen LogP) is 2.34. The summed E-state index contributed by atoms with van der Waals surface area (Å²) in [5.74, 6) is 2.16. The van der Waals surface area contributed by atoms with Gasteiger partial charge in [0.25, 0.3) is 0 Å². The van der Waals surface area contributed by atoms with Crippen molar-refractivity contribution in [3.63, 3.8) is 0 Å². The average Bonchev–Trinajstić information content (AvgIpc) is 2.89.